The molecule has 7 aromatic carbocycles. The molecule has 266 valence electrons. The van der Waals surface area contributed by atoms with Gasteiger partial charge in [0.1, 0.15) is 11.6 Å². The van der Waals surface area contributed by atoms with E-state index >= 15 is 0 Å². The molecule has 0 bridgehead atoms. The molecule has 0 unspecified atom stereocenters. The Morgan fingerprint density at radius 1 is 0.545 bits per heavy atom. The van der Waals surface area contributed by atoms with E-state index in [1.54, 1.807) is 6.07 Å². The van der Waals surface area contributed by atoms with Crippen LogP contribution in [-0.2, 0) is 28.1 Å². The van der Waals surface area contributed by atoms with Gasteiger partial charge in [0.15, 0.2) is 0 Å². The van der Waals surface area contributed by atoms with Crippen molar-refractivity contribution in [3.8, 4) is 67.5 Å². The van der Waals surface area contributed by atoms with Crippen molar-refractivity contribution in [2.24, 2.45) is 7.05 Å². The zero-order chi connectivity index (χ0) is 36.2. The standard InChI is InChI=1S/C49H33N4O.Pt/c1-52-45-25-12-21-38(47(45)51-49(52)42-20-6-8-26-46(42)54)34-16-9-17-36(29-34)43-31-35(27-28-50-43)39-22-11-23-41-40-19-5-7-24-44(40)53(48(39)41)37-18-10-15-33(30-37)32-13-3-2-4-14-32;/h2-28,30-31,54H,1H3;/q-1;. The summed E-state index contributed by atoms with van der Waals surface area (Å²) in [5.74, 6) is 0.910. The van der Waals surface area contributed by atoms with E-state index in [2.05, 4.69) is 150 Å². The van der Waals surface area contributed by atoms with E-state index in [-0.39, 0.29) is 26.8 Å². The van der Waals surface area contributed by atoms with Gasteiger partial charge < -0.3 is 14.2 Å². The molecule has 0 aliphatic carbocycles. The second-order valence-corrected chi connectivity index (χ2v) is 13.6. The van der Waals surface area contributed by atoms with Crippen molar-refractivity contribution in [2.75, 3.05) is 0 Å². The Kier molecular flexibility index (Phi) is 8.73. The number of aromatic nitrogens is 4. The molecule has 0 atom stereocenters. The second-order valence-electron chi connectivity index (χ2n) is 13.6. The summed E-state index contributed by atoms with van der Waals surface area (Å²) in [5.41, 5.74) is 14.1. The van der Waals surface area contributed by atoms with Gasteiger partial charge in [0, 0.05) is 62.0 Å². The molecule has 0 saturated heterocycles. The van der Waals surface area contributed by atoms with Crippen LogP contribution in [0.3, 0.4) is 0 Å². The summed E-state index contributed by atoms with van der Waals surface area (Å²) < 4.78 is 4.43. The third-order valence-electron chi connectivity index (χ3n) is 10.4. The fourth-order valence-electron chi connectivity index (χ4n) is 7.83. The molecule has 3 heterocycles. The Morgan fingerprint density at radius 3 is 2.11 bits per heavy atom. The Morgan fingerprint density at radius 2 is 1.22 bits per heavy atom. The number of phenols is 1. The van der Waals surface area contributed by atoms with Gasteiger partial charge in [-0.3, -0.25) is 4.98 Å². The molecule has 1 N–H and O–H groups in total. The van der Waals surface area contributed by atoms with Crippen LogP contribution in [0.4, 0.5) is 0 Å². The first-order valence-corrected chi connectivity index (χ1v) is 18.0. The number of fused-ring (bicyclic) bond motifs is 4. The summed E-state index contributed by atoms with van der Waals surface area (Å²) in [7, 11) is 1.98. The first-order chi connectivity index (χ1) is 26.6. The van der Waals surface area contributed by atoms with Crippen LogP contribution in [0.2, 0.25) is 0 Å². The third-order valence-corrected chi connectivity index (χ3v) is 10.4. The number of rotatable bonds is 6. The predicted octanol–water partition coefficient (Wildman–Crippen LogP) is 11.9. The summed E-state index contributed by atoms with van der Waals surface area (Å²) in [6.45, 7) is 0. The summed E-state index contributed by atoms with van der Waals surface area (Å²) in [6.07, 6.45) is 1.89. The molecule has 3 aromatic heterocycles. The predicted molar refractivity (Wildman–Crippen MR) is 221 cm³/mol. The maximum Gasteiger partial charge on any atom is 0.143 e. The Bertz CT molecular complexity index is 3040. The monoisotopic (exact) mass is 888 g/mol. The number of hydrogen-bond donors (Lipinski definition) is 1. The smallest absolute Gasteiger partial charge is 0.143 e. The van der Waals surface area contributed by atoms with E-state index in [1.165, 1.54) is 21.9 Å². The number of nitrogens with zero attached hydrogens (tertiary/aromatic N) is 4. The van der Waals surface area contributed by atoms with Crippen LogP contribution in [0, 0.1) is 6.07 Å². The van der Waals surface area contributed by atoms with Crippen molar-refractivity contribution in [2.45, 2.75) is 0 Å². The zero-order valence-electron chi connectivity index (χ0n) is 29.8. The summed E-state index contributed by atoms with van der Waals surface area (Å²) in [5, 5.41) is 13.0. The minimum absolute atomic E-state index is 0. The maximum absolute atomic E-state index is 10.6. The van der Waals surface area contributed by atoms with E-state index in [4.69, 9.17) is 9.97 Å². The Labute approximate surface area is 333 Å². The number of aromatic hydroxyl groups is 1. The average molecular weight is 889 g/mol. The number of aryl methyl sites for hydroxylation is 1. The topological polar surface area (TPSA) is 55.9 Å². The average Bonchev–Trinajstić information content (AvgIpc) is 3.76. The van der Waals surface area contributed by atoms with Gasteiger partial charge in [-0.25, -0.2) is 4.98 Å². The largest absolute Gasteiger partial charge is 0.507 e. The van der Waals surface area contributed by atoms with Gasteiger partial charge in [0.2, 0.25) is 0 Å². The zero-order valence-corrected chi connectivity index (χ0v) is 32.1. The van der Waals surface area contributed by atoms with Gasteiger partial charge in [0.25, 0.3) is 0 Å². The third kappa shape index (κ3) is 5.85. The maximum atomic E-state index is 10.6. The summed E-state index contributed by atoms with van der Waals surface area (Å²) in [6, 6.07) is 62.2. The van der Waals surface area contributed by atoms with Gasteiger partial charge in [-0.2, -0.15) is 0 Å². The normalized spacial score (nSPS) is 11.3. The molecule has 10 rings (SSSR count). The SMILES string of the molecule is Cn1c(-c2ccccc2O)nc2c(-c3[c-]c(-c4cc(-c5cccc6c7ccccc7n(-c7cccc(-c8ccccc8)c7)c56)ccn4)ccc3)cccc21.[Pt]. The van der Waals surface area contributed by atoms with Crippen LogP contribution in [0.1, 0.15) is 0 Å². The molecule has 0 fully saturated rings. The van der Waals surface area contributed by atoms with Crippen molar-refractivity contribution in [3.63, 3.8) is 0 Å². The summed E-state index contributed by atoms with van der Waals surface area (Å²) in [4.78, 5) is 9.91. The van der Waals surface area contributed by atoms with Crippen molar-refractivity contribution >= 4 is 32.8 Å². The molecule has 55 heavy (non-hydrogen) atoms. The van der Waals surface area contributed by atoms with E-state index in [0.29, 0.717) is 11.4 Å². The fourth-order valence-corrected chi connectivity index (χ4v) is 7.83. The molecule has 0 radical (unpaired) electrons. The number of hydrogen-bond acceptors (Lipinski definition) is 3. The molecule has 0 aliphatic rings. The van der Waals surface area contributed by atoms with Crippen molar-refractivity contribution < 1.29 is 26.2 Å². The van der Waals surface area contributed by atoms with Gasteiger partial charge in [0.05, 0.1) is 27.6 Å². The quantitative estimate of drug-likeness (QED) is 0.169. The van der Waals surface area contributed by atoms with Gasteiger partial charge >= 0.3 is 0 Å². The summed E-state index contributed by atoms with van der Waals surface area (Å²) >= 11 is 0. The molecular formula is C49H33N4OPt-. The molecule has 0 amide bonds. The van der Waals surface area contributed by atoms with E-state index < -0.39 is 0 Å². The van der Waals surface area contributed by atoms with E-state index in [1.807, 2.05) is 42.1 Å². The minimum atomic E-state index is 0. The first kappa shape index (κ1) is 34.2. The van der Waals surface area contributed by atoms with Gasteiger partial charge in [-0.1, -0.05) is 120 Å². The Hall–Kier alpha value is -6.55. The number of pyridine rings is 1. The molecule has 6 heteroatoms. The molecule has 0 aliphatic heterocycles. The first-order valence-electron chi connectivity index (χ1n) is 18.0. The number of imidazole rings is 1. The molecule has 0 spiro atoms. The van der Waals surface area contributed by atoms with Crippen molar-refractivity contribution in [3.05, 3.63) is 182 Å². The molecule has 0 saturated carbocycles. The number of benzene rings is 7. The van der Waals surface area contributed by atoms with Crippen LogP contribution in [-0.4, -0.2) is 24.2 Å². The van der Waals surface area contributed by atoms with E-state index in [9.17, 15) is 5.11 Å². The minimum Gasteiger partial charge on any atom is -0.507 e. The fraction of sp³-hybridized carbons (Fsp3) is 0.0204. The van der Waals surface area contributed by atoms with E-state index in [0.717, 1.165) is 61.3 Å². The number of para-hydroxylation sites is 4. The van der Waals surface area contributed by atoms with Crippen LogP contribution in [0.15, 0.2) is 176 Å². The number of phenolic OH excluding ortho intramolecular Hbond substituents is 1. The van der Waals surface area contributed by atoms with Crippen molar-refractivity contribution in [1.82, 2.24) is 19.1 Å². The van der Waals surface area contributed by atoms with Crippen LogP contribution < -0.4 is 0 Å². The Balaban J connectivity index is 0.00000397. The van der Waals surface area contributed by atoms with Crippen LogP contribution in [0.5, 0.6) is 5.75 Å². The van der Waals surface area contributed by atoms with Crippen molar-refractivity contribution in [1.29, 1.82) is 0 Å². The van der Waals surface area contributed by atoms with Crippen LogP contribution >= 0.6 is 0 Å². The molecule has 10 aromatic rings. The van der Waals surface area contributed by atoms with Gasteiger partial charge in [-0.05, 0) is 59.2 Å². The van der Waals surface area contributed by atoms with Gasteiger partial charge in [-0.15, -0.1) is 29.8 Å². The van der Waals surface area contributed by atoms with Crippen LogP contribution in [0.25, 0.3) is 94.6 Å². The molecular weight excluding hydrogens is 856 g/mol. The molecule has 5 nitrogen and oxygen atoms in total. The second kappa shape index (κ2) is 14.0.